The molecule has 156 valence electrons. The molecular weight excluding hydrogens is 378 g/mol. The van der Waals surface area contributed by atoms with E-state index in [9.17, 15) is 9.59 Å². The molecule has 0 saturated carbocycles. The molecule has 2 amide bonds. The highest BCUT2D eigenvalue weighted by Crippen LogP contribution is 2.28. The van der Waals surface area contributed by atoms with Gasteiger partial charge in [-0.1, -0.05) is 11.6 Å². The molecule has 1 aromatic carbocycles. The van der Waals surface area contributed by atoms with Crippen LogP contribution in [0.3, 0.4) is 0 Å². The molecule has 3 aromatic rings. The first kappa shape index (κ1) is 20.1. The molecule has 1 fully saturated rings. The third kappa shape index (κ3) is 3.44. The lowest BCUT2D eigenvalue weighted by atomic mass is 10.0. The lowest BCUT2D eigenvalue weighted by Gasteiger charge is -2.37. The summed E-state index contributed by atoms with van der Waals surface area (Å²) in [5, 5.41) is 5.22. The standard InChI is InChI=1S/C23H27N5O2/c1-14(2)28-13-17(12-24-28)21-11-19(18-10-15(3)6-7-20(18)25-21)23(30)27-9-8-26(5)22(29)16(27)4/h6-7,10-14,16H,8-9H2,1-5H3. The van der Waals surface area contributed by atoms with Crippen LogP contribution in [0.2, 0.25) is 0 Å². The van der Waals surface area contributed by atoms with Crippen molar-refractivity contribution < 1.29 is 9.59 Å². The summed E-state index contributed by atoms with van der Waals surface area (Å²) in [6.07, 6.45) is 3.72. The van der Waals surface area contributed by atoms with E-state index in [1.807, 2.05) is 42.1 Å². The van der Waals surface area contributed by atoms with Crippen LogP contribution in [0.1, 0.15) is 42.7 Å². The van der Waals surface area contributed by atoms with Gasteiger partial charge in [-0.3, -0.25) is 14.3 Å². The lowest BCUT2D eigenvalue weighted by molar-refractivity contribution is -0.137. The monoisotopic (exact) mass is 405 g/mol. The second-order valence-electron chi connectivity index (χ2n) is 8.31. The molecule has 0 radical (unpaired) electrons. The summed E-state index contributed by atoms with van der Waals surface area (Å²) >= 11 is 0. The third-order valence-corrected chi connectivity index (χ3v) is 5.76. The zero-order chi connectivity index (χ0) is 21.6. The number of carbonyl (C=O) groups excluding carboxylic acids is 2. The van der Waals surface area contributed by atoms with Crippen LogP contribution in [0.25, 0.3) is 22.2 Å². The fraction of sp³-hybridized carbons (Fsp3) is 0.391. The van der Waals surface area contributed by atoms with E-state index < -0.39 is 6.04 Å². The Morgan fingerprint density at radius 2 is 1.97 bits per heavy atom. The molecule has 0 aliphatic carbocycles. The van der Waals surface area contributed by atoms with Gasteiger partial charge in [0.1, 0.15) is 6.04 Å². The number of pyridine rings is 1. The Hall–Kier alpha value is -3.22. The Morgan fingerprint density at radius 3 is 2.67 bits per heavy atom. The summed E-state index contributed by atoms with van der Waals surface area (Å²) in [5.41, 5.74) is 3.95. The van der Waals surface area contributed by atoms with Crippen molar-refractivity contribution in [3.63, 3.8) is 0 Å². The minimum atomic E-state index is -0.489. The number of rotatable bonds is 3. The van der Waals surface area contributed by atoms with Crippen molar-refractivity contribution in [1.29, 1.82) is 0 Å². The van der Waals surface area contributed by atoms with E-state index in [1.165, 1.54) is 0 Å². The van der Waals surface area contributed by atoms with Crippen molar-refractivity contribution in [2.24, 2.45) is 0 Å². The van der Waals surface area contributed by atoms with Gasteiger partial charge < -0.3 is 9.80 Å². The molecule has 1 atom stereocenters. The van der Waals surface area contributed by atoms with E-state index in [4.69, 9.17) is 4.98 Å². The van der Waals surface area contributed by atoms with Crippen LogP contribution in [-0.2, 0) is 4.79 Å². The second kappa shape index (κ2) is 7.55. The van der Waals surface area contributed by atoms with E-state index >= 15 is 0 Å². The average molecular weight is 406 g/mol. The first-order valence-corrected chi connectivity index (χ1v) is 10.3. The molecule has 3 heterocycles. The summed E-state index contributed by atoms with van der Waals surface area (Å²) in [5.74, 6) is -0.179. The highest BCUT2D eigenvalue weighted by Gasteiger charge is 2.33. The van der Waals surface area contributed by atoms with Gasteiger partial charge in [-0.05, 0) is 45.9 Å². The molecule has 7 heteroatoms. The highest BCUT2D eigenvalue weighted by molar-refractivity contribution is 6.08. The number of amides is 2. The molecule has 7 nitrogen and oxygen atoms in total. The number of nitrogens with zero attached hydrogens (tertiary/aromatic N) is 5. The maximum atomic E-state index is 13.6. The number of piperazine rings is 1. The first-order chi connectivity index (χ1) is 14.3. The lowest BCUT2D eigenvalue weighted by Crippen LogP contribution is -2.56. The molecule has 0 N–H and O–H groups in total. The molecule has 1 saturated heterocycles. The van der Waals surface area contributed by atoms with E-state index in [-0.39, 0.29) is 17.9 Å². The third-order valence-electron chi connectivity index (χ3n) is 5.76. The number of hydrogen-bond donors (Lipinski definition) is 0. The molecule has 2 aromatic heterocycles. The van der Waals surface area contributed by atoms with Crippen molar-refractivity contribution in [3.05, 3.63) is 47.8 Å². The Morgan fingerprint density at radius 1 is 1.20 bits per heavy atom. The summed E-state index contributed by atoms with van der Waals surface area (Å²) in [7, 11) is 1.77. The van der Waals surface area contributed by atoms with Crippen LogP contribution in [0.5, 0.6) is 0 Å². The van der Waals surface area contributed by atoms with E-state index in [0.717, 1.165) is 22.0 Å². The van der Waals surface area contributed by atoms with Gasteiger partial charge in [0.15, 0.2) is 0 Å². The molecule has 1 unspecified atom stereocenters. The maximum Gasteiger partial charge on any atom is 0.255 e. The Labute approximate surface area is 176 Å². The predicted octanol–water partition coefficient (Wildman–Crippen LogP) is 3.29. The fourth-order valence-electron chi connectivity index (χ4n) is 3.86. The predicted molar refractivity (Wildman–Crippen MR) is 116 cm³/mol. The van der Waals surface area contributed by atoms with Crippen molar-refractivity contribution >= 4 is 22.7 Å². The van der Waals surface area contributed by atoms with Gasteiger partial charge in [0, 0.05) is 43.3 Å². The number of carbonyl (C=O) groups is 2. The second-order valence-corrected chi connectivity index (χ2v) is 8.31. The van der Waals surface area contributed by atoms with Gasteiger partial charge in [-0.25, -0.2) is 4.98 Å². The zero-order valence-corrected chi connectivity index (χ0v) is 18.1. The zero-order valence-electron chi connectivity index (χ0n) is 18.1. The minimum Gasteiger partial charge on any atom is -0.342 e. The Kier molecular flexibility index (Phi) is 5.05. The molecule has 0 spiro atoms. The normalized spacial score (nSPS) is 17.3. The van der Waals surface area contributed by atoms with Gasteiger partial charge in [0.25, 0.3) is 5.91 Å². The Balaban J connectivity index is 1.83. The highest BCUT2D eigenvalue weighted by atomic mass is 16.2. The van der Waals surface area contributed by atoms with Crippen molar-refractivity contribution in [2.45, 2.75) is 39.8 Å². The summed E-state index contributed by atoms with van der Waals surface area (Å²) < 4.78 is 1.87. The number of fused-ring (bicyclic) bond motifs is 1. The first-order valence-electron chi connectivity index (χ1n) is 10.3. The topological polar surface area (TPSA) is 71.3 Å². The molecule has 1 aliphatic heterocycles. The van der Waals surface area contributed by atoms with Crippen LogP contribution < -0.4 is 0 Å². The number of aryl methyl sites for hydroxylation is 1. The number of aromatic nitrogens is 3. The smallest absolute Gasteiger partial charge is 0.255 e. The molecule has 30 heavy (non-hydrogen) atoms. The van der Waals surface area contributed by atoms with Crippen LogP contribution in [0.15, 0.2) is 36.7 Å². The SMILES string of the molecule is Cc1ccc2nc(-c3cnn(C(C)C)c3)cc(C(=O)N3CCN(C)C(=O)C3C)c2c1. The number of benzene rings is 1. The minimum absolute atomic E-state index is 0.0393. The molecule has 1 aliphatic rings. The molecule has 0 bridgehead atoms. The van der Waals surface area contributed by atoms with Gasteiger partial charge in [-0.15, -0.1) is 0 Å². The average Bonchev–Trinajstić information content (AvgIpc) is 3.22. The van der Waals surface area contributed by atoms with Gasteiger partial charge >= 0.3 is 0 Å². The van der Waals surface area contributed by atoms with Crippen molar-refractivity contribution in [1.82, 2.24) is 24.6 Å². The van der Waals surface area contributed by atoms with Crippen molar-refractivity contribution in [2.75, 3.05) is 20.1 Å². The number of likely N-dealkylation sites (N-methyl/N-ethyl adjacent to an activating group) is 1. The largest absolute Gasteiger partial charge is 0.342 e. The quantitative estimate of drug-likeness (QED) is 0.670. The molecule has 4 rings (SSSR count). The van der Waals surface area contributed by atoms with Crippen LogP contribution in [-0.4, -0.2) is 62.6 Å². The van der Waals surface area contributed by atoms with E-state index in [0.29, 0.717) is 24.3 Å². The van der Waals surface area contributed by atoms with Crippen LogP contribution in [0, 0.1) is 6.92 Å². The van der Waals surface area contributed by atoms with Gasteiger partial charge in [-0.2, -0.15) is 5.10 Å². The van der Waals surface area contributed by atoms with Crippen LogP contribution >= 0.6 is 0 Å². The number of hydrogen-bond acceptors (Lipinski definition) is 4. The van der Waals surface area contributed by atoms with Crippen LogP contribution in [0.4, 0.5) is 0 Å². The summed E-state index contributed by atoms with van der Waals surface area (Å²) in [6, 6.07) is 7.50. The molecular formula is C23H27N5O2. The van der Waals surface area contributed by atoms with Crippen molar-refractivity contribution in [3.8, 4) is 11.3 Å². The van der Waals surface area contributed by atoms with E-state index in [1.54, 1.807) is 30.0 Å². The fourth-order valence-corrected chi connectivity index (χ4v) is 3.86. The summed E-state index contributed by atoms with van der Waals surface area (Å²) in [4.78, 5) is 34.2. The summed E-state index contributed by atoms with van der Waals surface area (Å²) in [6.45, 7) is 8.96. The van der Waals surface area contributed by atoms with Gasteiger partial charge in [0.05, 0.1) is 23.0 Å². The van der Waals surface area contributed by atoms with Gasteiger partial charge in [0.2, 0.25) is 5.91 Å². The Bertz CT molecular complexity index is 1130. The van der Waals surface area contributed by atoms with E-state index in [2.05, 4.69) is 18.9 Å². The maximum absolute atomic E-state index is 13.6.